The van der Waals surface area contributed by atoms with Gasteiger partial charge in [-0.1, -0.05) is 13.8 Å². The van der Waals surface area contributed by atoms with Crippen LogP contribution in [0.2, 0.25) is 0 Å². The van der Waals surface area contributed by atoms with Crippen molar-refractivity contribution in [1.82, 2.24) is 5.32 Å². The molecule has 1 rings (SSSR count). The molecule has 0 saturated carbocycles. The molecule has 56 valence electrons. The van der Waals surface area contributed by atoms with Crippen LogP contribution in [0.15, 0.2) is 0 Å². The van der Waals surface area contributed by atoms with E-state index in [1.54, 1.807) is 0 Å². The van der Waals surface area contributed by atoms with Crippen LogP contribution >= 0.6 is 12.4 Å². The Kier molecular flexibility index (Phi) is 4.19. The van der Waals surface area contributed by atoms with Crippen molar-refractivity contribution in [3.8, 4) is 0 Å². The smallest absolute Gasteiger partial charge is 0.110 e. The molecule has 1 aliphatic heterocycles. The molecule has 1 aliphatic rings. The summed E-state index contributed by atoms with van der Waals surface area (Å²) < 4.78 is 5.30. The fraction of sp³-hybridized carbons (Fsp3) is 1.00. The molecule has 1 unspecified atom stereocenters. The fourth-order valence-corrected chi connectivity index (χ4v) is 0.874. The maximum absolute atomic E-state index is 5.30. The van der Waals surface area contributed by atoms with E-state index in [2.05, 4.69) is 19.2 Å². The molecule has 0 aromatic carbocycles. The third-order valence-electron chi connectivity index (χ3n) is 1.35. The van der Waals surface area contributed by atoms with E-state index in [4.69, 9.17) is 4.74 Å². The van der Waals surface area contributed by atoms with Crippen molar-refractivity contribution in [1.29, 1.82) is 0 Å². The molecule has 3 heteroatoms. The van der Waals surface area contributed by atoms with E-state index in [9.17, 15) is 0 Å². The molecule has 1 heterocycles. The van der Waals surface area contributed by atoms with Gasteiger partial charge in [0.15, 0.2) is 0 Å². The summed E-state index contributed by atoms with van der Waals surface area (Å²) in [5.41, 5.74) is 0. The number of hydrogen-bond acceptors (Lipinski definition) is 2. The van der Waals surface area contributed by atoms with Gasteiger partial charge in [-0.05, 0) is 5.92 Å². The predicted octanol–water partition coefficient (Wildman–Crippen LogP) is 1.01. The topological polar surface area (TPSA) is 21.3 Å². The largest absolute Gasteiger partial charge is 0.362 e. The highest BCUT2D eigenvalue weighted by Crippen LogP contribution is 2.05. The van der Waals surface area contributed by atoms with Crippen LogP contribution in [0.3, 0.4) is 0 Å². The Hall–Kier alpha value is 0.210. The van der Waals surface area contributed by atoms with Gasteiger partial charge in [0.25, 0.3) is 0 Å². The molecule has 0 amide bonds. The lowest BCUT2D eigenvalue weighted by Gasteiger charge is -2.12. The van der Waals surface area contributed by atoms with Crippen LogP contribution in [-0.2, 0) is 4.74 Å². The highest BCUT2D eigenvalue weighted by Gasteiger charge is 2.16. The molecule has 9 heavy (non-hydrogen) atoms. The quantitative estimate of drug-likeness (QED) is 0.604. The number of halogens is 1. The molecule has 0 radical (unpaired) electrons. The Bertz CT molecular complexity index is 71.5. The zero-order chi connectivity index (χ0) is 5.98. The van der Waals surface area contributed by atoms with Crippen LogP contribution in [0.5, 0.6) is 0 Å². The van der Waals surface area contributed by atoms with Crippen molar-refractivity contribution >= 4 is 12.4 Å². The summed E-state index contributed by atoms with van der Waals surface area (Å²) in [4.78, 5) is 0. The molecule has 1 fully saturated rings. The molecule has 0 bridgehead atoms. The maximum Gasteiger partial charge on any atom is 0.110 e. The Morgan fingerprint density at radius 1 is 1.56 bits per heavy atom. The van der Waals surface area contributed by atoms with E-state index in [-0.39, 0.29) is 12.4 Å². The average molecular weight is 152 g/mol. The van der Waals surface area contributed by atoms with Crippen LogP contribution < -0.4 is 5.32 Å². The summed E-state index contributed by atoms with van der Waals surface area (Å²) in [6, 6.07) is 0. The van der Waals surface area contributed by atoms with E-state index in [1.807, 2.05) is 0 Å². The average Bonchev–Trinajstić information content (AvgIpc) is 2.12. The SMILES string of the molecule is CC(C)C1NCCO1.Cl. The first-order valence-corrected chi connectivity index (χ1v) is 3.15. The molecule has 2 nitrogen and oxygen atoms in total. The second kappa shape index (κ2) is 4.09. The first-order valence-electron chi connectivity index (χ1n) is 3.15. The maximum atomic E-state index is 5.30. The van der Waals surface area contributed by atoms with E-state index in [0.717, 1.165) is 13.2 Å². The summed E-state index contributed by atoms with van der Waals surface area (Å²) in [6.45, 7) is 6.21. The normalized spacial score (nSPS) is 26.3. The minimum atomic E-state index is 0. The van der Waals surface area contributed by atoms with Crippen molar-refractivity contribution in [3.05, 3.63) is 0 Å². The number of hydrogen-bond donors (Lipinski definition) is 1. The third kappa shape index (κ3) is 2.52. The molecular formula is C6H14ClNO. The van der Waals surface area contributed by atoms with Crippen molar-refractivity contribution in [2.24, 2.45) is 5.92 Å². The molecule has 1 atom stereocenters. The van der Waals surface area contributed by atoms with Gasteiger partial charge in [0.05, 0.1) is 6.61 Å². The third-order valence-corrected chi connectivity index (χ3v) is 1.35. The summed E-state index contributed by atoms with van der Waals surface area (Å²) in [5.74, 6) is 0.609. The summed E-state index contributed by atoms with van der Waals surface area (Å²) in [6.07, 6.45) is 0.315. The van der Waals surface area contributed by atoms with Gasteiger partial charge in [0.1, 0.15) is 6.23 Å². The van der Waals surface area contributed by atoms with Gasteiger partial charge in [0.2, 0.25) is 0 Å². The zero-order valence-electron chi connectivity index (χ0n) is 5.89. The Balaban J connectivity index is 0.000000640. The Morgan fingerprint density at radius 3 is 2.44 bits per heavy atom. The van der Waals surface area contributed by atoms with Crippen molar-refractivity contribution in [3.63, 3.8) is 0 Å². The molecule has 0 aromatic rings. The zero-order valence-corrected chi connectivity index (χ0v) is 6.70. The van der Waals surface area contributed by atoms with Gasteiger partial charge in [-0.15, -0.1) is 12.4 Å². The van der Waals surface area contributed by atoms with Gasteiger partial charge in [0, 0.05) is 6.54 Å². The lowest BCUT2D eigenvalue weighted by Crippen LogP contribution is -2.27. The molecular weight excluding hydrogens is 138 g/mol. The van der Waals surface area contributed by atoms with Crippen LogP contribution in [0.4, 0.5) is 0 Å². The van der Waals surface area contributed by atoms with Gasteiger partial charge in [-0.25, -0.2) is 0 Å². The number of ether oxygens (including phenoxy) is 1. The lowest BCUT2D eigenvalue weighted by atomic mass is 10.2. The first kappa shape index (κ1) is 9.21. The Labute approximate surface area is 62.4 Å². The van der Waals surface area contributed by atoms with Gasteiger partial charge >= 0.3 is 0 Å². The Morgan fingerprint density at radius 2 is 2.22 bits per heavy atom. The standard InChI is InChI=1S/C6H13NO.ClH/c1-5(2)6-7-3-4-8-6;/h5-7H,3-4H2,1-2H3;1H. The van der Waals surface area contributed by atoms with E-state index in [0.29, 0.717) is 12.1 Å². The molecule has 0 aliphatic carbocycles. The van der Waals surface area contributed by atoms with Crippen molar-refractivity contribution in [2.45, 2.75) is 20.1 Å². The monoisotopic (exact) mass is 151 g/mol. The molecule has 0 spiro atoms. The van der Waals surface area contributed by atoms with Gasteiger partial charge < -0.3 is 4.74 Å². The second-order valence-corrected chi connectivity index (χ2v) is 2.49. The van der Waals surface area contributed by atoms with Crippen LogP contribution in [0, 0.1) is 5.92 Å². The van der Waals surface area contributed by atoms with Crippen LogP contribution in [-0.4, -0.2) is 19.4 Å². The van der Waals surface area contributed by atoms with E-state index >= 15 is 0 Å². The first-order chi connectivity index (χ1) is 3.80. The van der Waals surface area contributed by atoms with Crippen molar-refractivity contribution < 1.29 is 4.74 Å². The lowest BCUT2D eigenvalue weighted by molar-refractivity contribution is 0.0650. The van der Waals surface area contributed by atoms with Crippen LogP contribution in [0.25, 0.3) is 0 Å². The second-order valence-electron chi connectivity index (χ2n) is 2.49. The number of nitrogens with one attached hydrogen (secondary N) is 1. The summed E-state index contributed by atoms with van der Waals surface area (Å²) in [5, 5.41) is 3.23. The predicted molar refractivity (Wildman–Crippen MR) is 39.8 cm³/mol. The van der Waals surface area contributed by atoms with Gasteiger partial charge in [-0.3, -0.25) is 5.32 Å². The highest BCUT2D eigenvalue weighted by molar-refractivity contribution is 5.85. The summed E-state index contributed by atoms with van der Waals surface area (Å²) in [7, 11) is 0. The van der Waals surface area contributed by atoms with Crippen LogP contribution in [0.1, 0.15) is 13.8 Å². The van der Waals surface area contributed by atoms with Gasteiger partial charge in [-0.2, -0.15) is 0 Å². The fourth-order valence-electron chi connectivity index (χ4n) is 0.874. The van der Waals surface area contributed by atoms with E-state index < -0.39 is 0 Å². The molecule has 0 aromatic heterocycles. The minimum absolute atomic E-state index is 0. The molecule has 1 N–H and O–H groups in total. The molecule has 1 saturated heterocycles. The minimum Gasteiger partial charge on any atom is -0.362 e. The highest BCUT2D eigenvalue weighted by atomic mass is 35.5. The van der Waals surface area contributed by atoms with Crippen molar-refractivity contribution in [2.75, 3.05) is 13.2 Å². The number of rotatable bonds is 1. The summed E-state index contributed by atoms with van der Waals surface area (Å²) >= 11 is 0. The van der Waals surface area contributed by atoms with E-state index in [1.165, 1.54) is 0 Å².